The molecule has 0 fully saturated rings. The molecule has 152 valence electrons. The fourth-order valence-electron chi connectivity index (χ4n) is 3.10. The maximum absolute atomic E-state index is 12.5. The molecule has 0 unspecified atom stereocenters. The molecule has 0 spiro atoms. The Bertz CT molecular complexity index is 950. The van der Waals surface area contributed by atoms with Gasteiger partial charge in [0.1, 0.15) is 11.5 Å². The minimum absolute atomic E-state index is 0.0185. The van der Waals surface area contributed by atoms with Crippen molar-refractivity contribution in [2.75, 3.05) is 20.3 Å². The van der Waals surface area contributed by atoms with Crippen molar-refractivity contribution < 1.29 is 14.3 Å². The first-order valence-corrected chi connectivity index (χ1v) is 9.69. The molecule has 3 rings (SSSR count). The van der Waals surface area contributed by atoms with Crippen LogP contribution in [-0.2, 0) is 11.3 Å². The monoisotopic (exact) mass is 393 g/mol. The largest absolute Gasteiger partial charge is 0.494 e. The van der Waals surface area contributed by atoms with Crippen LogP contribution >= 0.6 is 0 Å². The topological polar surface area (TPSA) is 56.6 Å². The molecule has 3 aromatic rings. The summed E-state index contributed by atoms with van der Waals surface area (Å²) in [4.78, 5) is 14.2. The van der Waals surface area contributed by atoms with E-state index in [1.54, 1.807) is 24.1 Å². The van der Waals surface area contributed by atoms with E-state index in [9.17, 15) is 4.79 Å². The Balaban J connectivity index is 1.62. The van der Waals surface area contributed by atoms with E-state index < -0.39 is 0 Å². The number of nitrogens with zero attached hydrogens (tertiary/aromatic N) is 3. The molecule has 0 aliphatic carbocycles. The zero-order chi connectivity index (χ0) is 20.8. The Kier molecular flexibility index (Phi) is 6.54. The van der Waals surface area contributed by atoms with Crippen molar-refractivity contribution in [1.82, 2.24) is 14.7 Å². The quantitative estimate of drug-likeness (QED) is 0.582. The van der Waals surface area contributed by atoms with Crippen molar-refractivity contribution >= 4 is 5.91 Å². The Hall–Kier alpha value is -3.28. The summed E-state index contributed by atoms with van der Waals surface area (Å²) < 4.78 is 13.0. The van der Waals surface area contributed by atoms with Crippen molar-refractivity contribution in [2.24, 2.45) is 0 Å². The standard InChI is InChI=1S/C23H27N3O3/c1-5-28-20-11-13-21(14-12-20)29-16-23(27)25(4)15-22-17(2)24-26(18(22)3)19-9-7-6-8-10-19/h6-14H,5,15-16H2,1-4H3. The summed E-state index contributed by atoms with van der Waals surface area (Å²) in [5, 5.41) is 4.65. The second kappa shape index (κ2) is 9.28. The molecule has 29 heavy (non-hydrogen) atoms. The average molecular weight is 393 g/mol. The smallest absolute Gasteiger partial charge is 0.260 e. The number of aromatic nitrogens is 2. The number of carbonyl (C=O) groups excluding carboxylic acids is 1. The first-order valence-electron chi connectivity index (χ1n) is 9.69. The van der Waals surface area contributed by atoms with Gasteiger partial charge in [0, 0.05) is 24.8 Å². The van der Waals surface area contributed by atoms with Gasteiger partial charge in [-0.15, -0.1) is 0 Å². The van der Waals surface area contributed by atoms with Gasteiger partial charge in [0.05, 0.1) is 18.0 Å². The lowest BCUT2D eigenvalue weighted by Crippen LogP contribution is -2.31. The van der Waals surface area contributed by atoms with Crippen LogP contribution in [-0.4, -0.2) is 40.8 Å². The van der Waals surface area contributed by atoms with Gasteiger partial charge < -0.3 is 14.4 Å². The number of ether oxygens (including phenoxy) is 2. The van der Waals surface area contributed by atoms with E-state index in [0.717, 1.165) is 28.4 Å². The van der Waals surface area contributed by atoms with Crippen LogP contribution in [0.5, 0.6) is 11.5 Å². The van der Waals surface area contributed by atoms with Gasteiger partial charge in [-0.1, -0.05) is 18.2 Å². The Morgan fingerprint density at radius 2 is 1.62 bits per heavy atom. The summed E-state index contributed by atoms with van der Waals surface area (Å²) in [6.07, 6.45) is 0. The third kappa shape index (κ3) is 4.96. The molecular weight excluding hydrogens is 366 g/mol. The number of amides is 1. The van der Waals surface area contributed by atoms with Crippen molar-refractivity contribution in [1.29, 1.82) is 0 Å². The van der Waals surface area contributed by atoms with Crippen LogP contribution in [0.2, 0.25) is 0 Å². The minimum atomic E-state index is -0.0925. The number of carbonyl (C=O) groups is 1. The van der Waals surface area contributed by atoms with Gasteiger partial charge >= 0.3 is 0 Å². The van der Waals surface area contributed by atoms with E-state index in [4.69, 9.17) is 9.47 Å². The normalized spacial score (nSPS) is 10.6. The van der Waals surface area contributed by atoms with Crippen LogP contribution in [0, 0.1) is 13.8 Å². The molecule has 0 radical (unpaired) electrons. The van der Waals surface area contributed by atoms with Gasteiger partial charge in [0.25, 0.3) is 5.91 Å². The number of hydrogen-bond acceptors (Lipinski definition) is 4. The maximum atomic E-state index is 12.5. The third-order valence-electron chi connectivity index (χ3n) is 4.76. The van der Waals surface area contributed by atoms with Gasteiger partial charge in [-0.05, 0) is 57.2 Å². The molecule has 1 aromatic heterocycles. The van der Waals surface area contributed by atoms with Crippen LogP contribution in [0.3, 0.4) is 0 Å². The van der Waals surface area contributed by atoms with E-state index in [1.165, 1.54) is 0 Å². The first-order chi connectivity index (χ1) is 14.0. The first kappa shape index (κ1) is 20.5. The van der Waals surface area contributed by atoms with Crippen molar-refractivity contribution in [2.45, 2.75) is 27.3 Å². The van der Waals surface area contributed by atoms with Crippen LogP contribution in [0.1, 0.15) is 23.9 Å². The molecule has 0 bridgehead atoms. The summed E-state index contributed by atoms with van der Waals surface area (Å²) in [7, 11) is 1.78. The van der Waals surface area contributed by atoms with Crippen molar-refractivity contribution in [3.8, 4) is 17.2 Å². The molecule has 6 heteroatoms. The minimum Gasteiger partial charge on any atom is -0.494 e. The Morgan fingerprint density at radius 3 is 2.24 bits per heavy atom. The molecule has 0 atom stereocenters. The Morgan fingerprint density at radius 1 is 1.00 bits per heavy atom. The molecular formula is C23H27N3O3. The molecule has 2 aromatic carbocycles. The van der Waals surface area contributed by atoms with Crippen LogP contribution < -0.4 is 9.47 Å². The summed E-state index contributed by atoms with van der Waals surface area (Å²) in [5.74, 6) is 1.33. The lowest BCUT2D eigenvalue weighted by Gasteiger charge is -2.18. The molecule has 0 saturated heterocycles. The zero-order valence-corrected chi connectivity index (χ0v) is 17.4. The van der Waals surface area contributed by atoms with Crippen LogP contribution in [0.25, 0.3) is 5.69 Å². The predicted octanol–water partition coefficient (Wildman–Crippen LogP) is 3.93. The average Bonchev–Trinajstić information content (AvgIpc) is 3.02. The van der Waals surface area contributed by atoms with Gasteiger partial charge in [-0.3, -0.25) is 4.79 Å². The third-order valence-corrected chi connectivity index (χ3v) is 4.76. The van der Waals surface area contributed by atoms with Gasteiger partial charge in [-0.25, -0.2) is 4.68 Å². The second-order valence-electron chi connectivity index (χ2n) is 6.84. The summed E-state index contributed by atoms with van der Waals surface area (Å²) in [6.45, 7) is 7.01. The van der Waals surface area contributed by atoms with Crippen LogP contribution in [0.4, 0.5) is 0 Å². The maximum Gasteiger partial charge on any atom is 0.260 e. The molecule has 0 N–H and O–H groups in total. The molecule has 1 heterocycles. The highest BCUT2D eigenvalue weighted by Gasteiger charge is 2.17. The van der Waals surface area contributed by atoms with E-state index in [0.29, 0.717) is 18.9 Å². The molecule has 0 saturated carbocycles. The summed E-state index contributed by atoms with van der Waals surface area (Å²) in [5.41, 5.74) is 4.00. The zero-order valence-electron chi connectivity index (χ0n) is 17.4. The van der Waals surface area contributed by atoms with Gasteiger partial charge in [-0.2, -0.15) is 5.10 Å². The van der Waals surface area contributed by atoms with E-state index >= 15 is 0 Å². The lowest BCUT2D eigenvalue weighted by molar-refractivity contribution is -0.132. The van der Waals surface area contributed by atoms with Crippen LogP contribution in [0.15, 0.2) is 54.6 Å². The van der Waals surface area contributed by atoms with E-state index in [1.807, 2.05) is 67.9 Å². The number of rotatable bonds is 8. The fourth-order valence-corrected chi connectivity index (χ4v) is 3.10. The second-order valence-corrected chi connectivity index (χ2v) is 6.84. The molecule has 0 aliphatic rings. The highest BCUT2D eigenvalue weighted by Crippen LogP contribution is 2.20. The van der Waals surface area contributed by atoms with E-state index in [-0.39, 0.29) is 12.5 Å². The van der Waals surface area contributed by atoms with Gasteiger partial charge in [0.2, 0.25) is 0 Å². The molecule has 0 aliphatic heterocycles. The molecule has 6 nitrogen and oxygen atoms in total. The van der Waals surface area contributed by atoms with Crippen molar-refractivity contribution in [3.05, 3.63) is 71.5 Å². The SMILES string of the molecule is CCOc1ccc(OCC(=O)N(C)Cc2c(C)nn(-c3ccccc3)c2C)cc1. The van der Waals surface area contributed by atoms with Crippen molar-refractivity contribution in [3.63, 3.8) is 0 Å². The number of para-hydroxylation sites is 1. The summed E-state index contributed by atoms with van der Waals surface area (Å²) in [6, 6.07) is 17.2. The Labute approximate surface area is 171 Å². The van der Waals surface area contributed by atoms with E-state index in [2.05, 4.69) is 5.10 Å². The summed E-state index contributed by atoms with van der Waals surface area (Å²) >= 11 is 0. The number of likely N-dealkylation sites (N-methyl/N-ethyl adjacent to an activating group) is 1. The number of aryl methyl sites for hydroxylation is 1. The molecule has 1 amide bonds. The predicted molar refractivity (Wildman–Crippen MR) is 113 cm³/mol. The highest BCUT2D eigenvalue weighted by molar-refractivity contribution is 5.77. The highest BCUT2D eigenvalue weighted by atomic mass is 16.5. The van der Waals surface area contributed by atoms with Gasteiger partial charge in [0.15, 0.2) is 6.61 Å². The fraction of sp³-hybridized carbons (Fsp3) is 0.304. The lowest BCUT2D eigenvalue weighted by atomic mass is 10.2. The number of hydrogen-bond donors (Lipinski definition) is 0. The number of benzene rings is 2.